The molecule has 0 saturated heterocycles. The van der Waals surface area contributed by atoms with E-state index in [0.717, 1.165) is 0 Å². The van der Waals surface area contributed by atoms with Crippen LogP contribution in [0.5, 0.6) is 0 Å². The highest BCUT2D eigenvalue weighted by molar-refractivity contribution is 5.27. The molecule has 2 unspecified atom stereocenters. The summed E-state index contributed by atoms with van der Waals surface area (Å²) in [5, 5.41) is 36.7. The molecule has 0 aromatic rings. The summed E-state index contributed by atoms with van der Waals surface area (Å²) in [6, 6.07) is 7.78. The predicted molar refractivity (Wildman–Crippen MR) is 61.6 cm³/mol. The number of rotatable bonds is 4. The second-order valence-electron chi connectivity index (χ2n) is 4.59. The third-order valence-corrected chi connectivity index (χ3v) is 3.98. The highest BCUT2D eigenvalue weighted by Gasteiger charge is 2.56. The normalized spacial score (nSPS) is 22.8. The molecule has 0 heterocycles. The summed E-state index contributed by atoms with van der Waals surface area (Å²) < 4.78 is 0. The first-order valence-corrected chi connectivity index (χ1v) is 5.65. The van der Waals surface area contributed by atoms with Crippen LogP contribution in [0.4, 0.5) is 0 Å². The minimum atomic E-state index is -1.32. The molecule has 0 radical (unpaired) electrons. The predicted octanol–water partition coefficient (Wildman–Crippen LogP) is -0.00288. The summed E-state index contributed by atoms with van der Waals surface area (Å²) >= 11 is 0. The lowest BCUT2D eigenvalue weighted by atomic mass is 9.52. The van der Waals surface area contributed by atoms with Gasteiger partial charge in [0.15, 0.2) is 10.8 Å². The zero-order valence-electron chi connectivity index (χ0n) is 9.93. The van der Waals surface area contributed by atoms with Crippen LogP contribution < -0.4 is 11.5 Å². The topological polar surface area (TPSA) is 147 Å². The fourth-order valence-corrected chi connectivity index (χ4v) is 2.55. The van der Waals surface area contributed by atoms with Crippen molar-refractivity contribution in [1.29, 1.82) is 21.0 Å². The van der Waals surface area contributed by atoms with Gasteiger partial charge in [0.2, 0.25) is 0 Å². The lowest BCUT2D eigenvalue weighted by Gasteiger charge is -2.47. The van der Waals surface area contributed by atoms with Gasteiger partial charge >= 0.3 is 0 Å². The molecule has 0 aromatic heterocycles. The van der Waals surface area contributed by atoms with E-state index < -0.39 is 10.8 Å². The molecule has 1 aliphatic rings. The Morgan fingerprint density at radius 2 is 1.06 bits per heavy atom. The van der Waals surface area contributed by atoms with Crippen molar-refractivity contribution in [1.82, 2.24) is 0 Å². The molecule has 6 heteroatoms. The number of nitrogens with two attached hydrogens (primary N) is 2. The SMILES string of the molecule is N#CC(C#N)(CN)C1CCC1C(C#N)(C#N)CN. The van der Waals surface area contributed by atoms with Crippen molar-refractivity contribution in [2.24, 2.45) is 34.1 Å². The summed E-state index contributed by atoms with van der Waals surface area (Å²) in [7, 11) is 0. The van der Waals surface area contributed by atoms with Gasteiger partial charge in [-0.1, -0.05) is 0 Å². The zero-order chi connectivity index (χ0) is 13.8. The number of nitrogens with zero attached hydrogens (tertiary/aromatic N) is 4. The molecule has 1 rings (SSSR count). The average molecular weight is 242 g/mol. The van der Waals surface area contributed by atoms with E-state index in [9.17, 15) is 0 Å². The molecule has 0 amide bonds. The van der Waals surface area contributed by atoms with Gasteiger partial charge in [0.25, 0.3) is 0 Å². The highest BCUT2D eigenvalue weighted by Crippen LogP contribution is 2.52. The van der Waals surface area contributed by atoms with E-state index in [4.69, 9.17) is 32.5 Å². The fourth-order valence-electron chi connectivity index (χ4n) is 2.55. The van der Waals surface area contributed by atoms with E-state index >= 15 is 0 Å². The van der Waals surface area contributed by atoms with Gasteiger partial charge in [0, 0.05) is 13.1 Å². The van der Waals surface area contributed by atoms with Crippen LogP contribution >= 0.6 is 0 Å². The fraction of sp³-hybridized carbons (Fsp3) is 0.667. The van der Waals surface area contributed by atoms with Crippen LogP contribution in [0.15, 0.2) is 0 Å². The van der Waals surface area contributed by atoms with Crippen LogP contribution in [0.3, 0.4) is 0 Å². The van der Waals surface area contributed by atoms with Crippen molar-refractivity contribution >= 4 is 0 Å². The first-order chi connectivity index (χ1) is 8.59. The Kier molecular flexibility index (Phi) is 3.89. The summed E-state index contributed by atoms with van der Waals surface area (Å²) in [6.45, 7) is -0.197. The van der Waals surface area contributed by atoms with Crippen molar-refractivity contribution in [3.63, 3.8) is 0 Å². The Bertz CT molecular complexity index is 409. The van der Waals surface area contributed by atoms with Gasteiger partial charge in [0.1, 0.15) is 0 Å². The van der Waals surface area contributed by atoms with Gasteiger partial charge in [-0.15, -0.1) is 0 Å². The molecular formula is C12H14N6. The van der Waals surface area contributed by atoms with Crippen molar-refractivity contribution in [3.05, 3.63) is 0 Å². The molecule has 2 atom stereocenters. The second-order valence-corrected chi connectivity index (χ2v) is 4.59. The molecule has 1 saturated carbocycles. The van der Waals surface area contributed by atoms with Crippen molar-refractivity contribution < 1.29 is 0 Å². The van der Waals surface area contributed by atoms with Gasteiger partial charge < -0.3 is 11.5 Å². The highest BCUT2D eigenvalue weighted by atomic mass is 14.7. The van der Waals surface area contributed by atoms with Gasteiger partial charge in [-0.3, -0.25) is 0 Å². The Labute approximate surface area is 106 Å². The van der Waals surface area contributed by atoms with Crippen LogP contribution in [0.25, 0.3) is 0 Å². The Hall–Kier alpha value is -2.12. The zero-order valence-corrected chi connectivity index (χ0v) is 9.93. The molecule has 0 aromatic carbocycles. The number of hydrogen-bond acceptors (Lipinski definition) is 6. The summed E-state index contributed by atoms with van der Waals surface area (Å²) in [4.78, 5) is 0. The lowest BCUT2D eigenvalue weighted by molar-refractivity contribution is 0.0400. The van der Waals surface area contributed by atoms with E-state index in [1.54, 1.807) is 0 Å². The standard InChI is InChI=1S/C12H14N6/c13-3-11(4-14,5-15)9-1-2-10(9)12(6-16,7-17)8-18/h9-10H,1-3,6,13,16H2. The van der Waals surface area contributed by atoms with E-state index in [0.29, 0.717) is 12.8 Å². The number of hydrogen-bond donors (Lipinski definition) is 2. The third kappa shape index (κ3) is 1.69. The van der Waals surface area contributed by atoms with Crippen LogP contribution in [0.2, 0.25) is 0 Å². The van der Waals surface area contributed by atoms with E-state index in [-0.39, 0.29) is 24.9 Å². The van der Waals surface area contributed by atoms with Crippen molar-refractivity contribution in [3.8, 4) is 24.3 Å². The molecule has 92 valence electrons. The van der Waals surface area contributed by atoms with Crippen LogP contribution in [-0.4, -0.2) is 13.1 Å². The lowest BCUT2D eigenvalue weighted by Crippen LogP contribution is -2.52. The van der Waals surface area contributed by atoms with E-state index in [1.165, 1.54) is 0 Å². The molecule has 1 fully saturated rings. The van der Waals surface area contributed by atoms with Crippen LogP contribution in [0.1, 0.15) is 12.8 Å². The maximum atomic E-state index is 9.16. The molecule has 18 heavy (non-hydrogen) atoms. The molecule has 1 aliphatic carbocycles. The summed E-state index contributed by atoms with van der Waals surface area (Å²) in [5.41, 5.74) is 8.41. The van der Waals surface area contributed by atoms with Gasteiger partial charge in [-0.2, -0.15) is 21.0 Å². The van der Waals surface area contributed by atoms with Gasteiger partial charge in [-0.25, -0.2) is 0 Å². The molecule has 0 aliphatic heterocycles. The van der Waals surface area contributed by atoms with E-state index in [1.807, 2.05) is 24.3 Å². The first-order valence-electron chi connectivity index (χ1n) is 5.65. The van der Waals surface area contributed by atoms with Crippen molar-refractivity contribution in [2.75, 3.05) is 13.1 Å². The Morgan fingerprint density at radius 3 is 1.17 bits per heavy atom. The molecule has 6 nitrogen and oxygen atoms in total. The summed E-state index contributed by atoms with van der Waals surface area (Å²) in [5.74, 6) is -0.722. The van der Waals surface area contributed by atoms with E-state index in [2.05, 4.69) is 0 Å². The monoisotopic (exact) mass is 242 g/mol. The maximum absolute atomic E-state index is 9.16. The summed E-state index contributed by atoms with van der Waals surface area (Å²) in [6.07, 6.45) is 1.24. The maximum Gasteiger partial charge on any atom is 0.159 e. The average Bonchev–Trinajstić information content (AvgIpc) is 2.40. The first kappa shape index (κ1) is 13.9. The molecule has 4 N–H and O–H groups in total. The molecule has 0 bridgehead atoms. The Morgan fingerprint density at radius 1 is 0.778 bits per heavy atom. The third-order valence-electron chi connectivity index (χ3n) is 3.98. The van der Waals surface area contributed by atoms with Crippen LogP contribution in [-0.2, 0) is 0 Å². The Balaban J connectivity index is 3.12. The number of nitriles is 4. The van der Waals surface area contributed by atoms with Gasteiger partial charge in [-0.05, 0) is 24.7 Å². The minimum Gasteiger partial charge on any atom is -0.328 e. The quantitative estimate of drug-likeness (QED) is 0.708. The minimum absolute atomic E-state index is 0.0985. The molecular weight excluding hydrogens is 228 g/mol. The smallest absolute Gasteiger partial charge is 0.159 e. The molecule has 0 spiro atoms. The van der Waals surface area contributed by atoms with Crippen molar-refractivity contribution in [2.45, 2.75) is 12.8 Å². The van der Waals surface area contributed by atoms with Gasteiger partial charge in [0.05, 0.1) is 24.3 Å². The second kappa shape index (κ2) is 5.03. The van der Waals surface area contributed by atoms with Crippen LogP contribution in [0, 0.1) is 68.0 Å². The largest absolute Gasteiger partial charge is 0.328 e.